The molecular formula is C12H13ClN2O. The summed E-state index contributed by atoms with van der Waals surface area (Å²) in [6.07, 6.45) is 4.41. The second-order valence-electron chi connectivity index (χ2n) is 4.53. The highest BCUT2D eigenvalue weighted by Gasteiger charge is 2.60. The fourth-order valence-electron chi connectivity index (χ4n) is 2.31. The first-order valence-corrected chi connectivity index (χ1v) is 5.62. The molecule has 2 aliphatic rings. The van der Waals surface area contributed by atoms with Crippen LogP contribution in [0.25, 0.3) is 0 Å². The molecule has 4 heteroatoms. The Balaban J connectivity index is 2.02. The molecule has 4 N–H and O–H groups in total. The second-order valence-corrected chi connectivity index (χ2v) is 4.94. The van der Waals surface area contributed by atoms with Gasteiger partial charge in [-0.15, -0.1) is 0 Å². The standard InChI is InChI=1S/C12H13ClN2O/c13-9-4-2-1-3-8(9)12-6-5-11(14,15)7-10(12)16-12/h1-6,10H,7,14-15H2. The van der Waals surface area contributed by atoms with Gasteiger partial charge in [-0.05, 0) is 12.1 Å². The molecule has 84 valence electrons. The van der Waals surface area contributed by atoms with Crippen LogP contribution in [0.1, 0.15) is 12.0 Å². The van der Waals surface area contributed by atoms with Crippen molar-refractivity contribution in [3.05, 3.63) is 47.0 Å². The van der Waals surface area contributed by atoms with Gasteiger partial charge in [-0.25, -0.2) is 0 Å². The number of hydrogen-bond acceptors (Lipinski definition) is 3. The number of ether oxygens (including phenoxy) is 1. The van der Waals surface area contributed by atoms with E-state index in [1.165, 1.54) is 0 Å². The molecule has 3 nitrogen and oxygen atoms in total. The minimum absolute atomic E-state index is 0.0485. The van der Waals surface area contributed by atoms with Crippen LogP contribution in [0.2, 0.25) is 5.02 Å². The molecule has 2 unspecified atom stereocenters. The van der Waals surface area contributed by atoms with Crippen molar-refractivity contribution < 1.29 is 4.74 Å². The van der Waals surface area contributed by atoms with E-state index in [0.717, 1.165) is 10.6 Å². The summed E-state index contributed by atoms with van der Waals surface area (Å²) >= 11 is 6.17. The van der Waals surface area contributed by atoms with Crippen molar-refractivity contribution in [1.82, 2.24) is 0 Å². The molecule has 0 amide bonds. The Morgan fingerprint density at radius 2 is 2.00 bits per heavy atom. The summed E-state index contributed by atoms with van der Waals surface area (Å²) in [6.45, 7) is 0. The third-order valence-corrected chi connectivity index (χ3v) is 3.56. The second kappa shape index (κ2) is 3.08. The summed E-state index contributed by atoms with van der Waals surface area (Å²) in [4.78, 5) is 0. The zero-order valence-corrected chi connectivity index (χ0v) is 9.45. The van der Waals surface area contributed by atoms with Crippen LogP contribution in [-0.2, 0) is 10.3 Å². The number of nitrogens with two attached hydrogens (primary N) is 2. The maximum atomic E-state index is 6.17. The molecule has 1 aromatic carbocycles. The molecule has 1 heterocycles. The molecular weight excluding hydrogens is 224 g/mol. The predicted molar refractivity (Wildman–Crippen MR) is 62.9 cm³/mol. The van der Waals surface area contributed by atoms with Gasteiger partial charge in [-0.2, -0.15) is 0 Å². The van der Waals surface area contributed by atoms with Gasteiger partial charge >= 0.3 is 0 Å². The van der Waals surface area contributed by atoms with E-state index in [1.54, 1.807) is 6.08 Å². The Hall–Kier alpha value is -0.870. The number of hydrogen-bond donors (Lipinski definition) is 2. The number of halogens is 1. The highest BCUT2D eigenvalue weighted by atomic mass is 35.5. The van der Waals surface area contributed by atoms with Crippen LogP contribution in [0.15, 0.2) is 36.4 Å². The third kappa shape index (κ3) is 1.40. The van der Waals surface area contributed by atoms with Gasteiger partial charge in [0.25, 0.3) is 0 Å². The first kappa shape index (κ1) is 10.3. The van der Waals surface area contributed by atoms with Gasteiger partial charge in [0, 0.05) is 17.0 Å². The lowest BCUT2D eigenvalue weighted by atomic mass is 9.85. The Morgan fingerprint density at radius 1 is 1.25 bits per heavy atom. The van der Waals surface area contributed by atoms with Crippen molar-refractivity contribution in [2.24, 2.45) is 11.5 Å². The topological polar surface area (TPSA) is 64.6 Å². The third-order valence-electron chi connectivity index (χ3n) is 3.23. The van der Waals surface area contributed by atoms with Gasteiger partial charge in [-0.3, -0.25) is 0 Å². The first-order chi connectivity index (χ1) is 7.54. The monoisotopic (exact) mass is 236 g/mol. The molecule has 0 aromatic heterocycles. The molecule has 1 fully saturated rings. The average Bonchev–Trinajstić information content (AvgIpc) is 2.91. The summed E-state index contributed by atoms with van der Waals surface area (Å²) in [5, 5.41) is 0.719. The Kier molecular flexibility index (Phi) is 1.98. The summed E-state index contributed by atoms with van der Waals surface area (Å²) in [5.41, 5.74) is 11.5. The largest absolute Gasteiger partial charge is 0.356 e. The van der Waals surface area contributed by atoms with Crippen LogP contribution in [0.3, 0.4) is 0 Å². The quantitative estimate of drug-likeness (QED) is 0.441. The number of epoxide rings is 1. The van der Waals surface area contributed by atoms with E-state index in [4.69, 9.17) is 27.8 Å². The van der Waals surface area contributed by atoms with Crippen LogP contribution in [0.4, 0.5) is 0 Å². The van der Waals surface area contributed by atoms with Crippen molar-refractivity contribution in [3.63, 3.8) is 0 Å². The highest BCUT2D eigenvalue weighted by Crippen LogP contribution is 2.54. The van der Waals surface area contributed by atoms with Crippen LogP contribution < -0.4 is 11.5 Å². The van der Waals surface area contributed by atoms with Gasteiger partial charge in [0.05, 0.1) is 11.8 Å². The average molecular weight is 237 g/mol. The van der Waals surface area contributed by atoms with E-state index in [9.17, 15) is 0 Å². The van der Waals surface area contributed by atoms with Gasteiger partial charge in [0.2, 0.25) is 0 Å². The SMILES string of the molecule is NC1(N)C=CC2(c3ccccc3Cl)OC2C1. The lowest BCUT2D eigenvalue weighted by molar-refractivity contribution is 0.324. The van der Waals surface area contributed by atoms with Crippen molar-refractivity contribution >= 4 is 11.6 Å². The minimum atomic E-state index is -0.758. The van der Waals surface area contributed by atoms with Crippen molar-refractivity contribution in [3.8, 4) is 0 Å². The number of fused-ring (bicyclic) bond motifs is 1. The molecule has 1 saturated heterocycles. The summed E-state index contributed by atoms with van der Waals surface area (Å²) in [5.74, 6) is 0. The van der Waals surface area contributed by atoms with E-state index >= 15 is 0 Å². The van der Waals surface area contributed by atoms with E-state index < -0.39 is 5.66 Å². The smallest absolute Gasteiger partial charge is 0.140 e. The summed E-state index contributed by atoms with van der Waals surface area (Å²) in [6, 6.07) is 7.70. The van der Waals surface area contributed by atoms with Crippen molar-refractivity contribution in [2.75, 3.05) is 0 Å². The van der Waals surface area contributed by atoms with Gasteiger partial charge in [0.15, 0.2) is 0 Å². The van der Waals surface area contributed by atoms with Crippen LogP contribution in [0.5, 0.6) is 0 Å². The lowest BCUT2D eigenvalue weighted by Gasteiger charge is -2.25. The van der Waals surface area contributed by atoms with Gasteiger partial charge in [-0.1, -0.05) is 35.9 Å². The summed E-state index contributed by atoms with van der Waals surface area (Å²) < 4.78 is 5.74. The Labute approximate surface area is 99.0 Å². The highest BCUT2D eigenvalue weighted by molar-refractivity contribution is 6.31. The Morgan fingerprint density at radius 3 is 2.69 bits per heavy atom. The van der Waals surface area contributed by atoms with Crippen molar-refractivity contribution in [2.45, 2.75) is 23.8 Å². The molecule has 0 saturated carbocycles. The normalized spacial score (nSPS) is 34.6. The van der Waals surface area contributed by atoms with Crippen LogP contribution >= 0.6 is 11.6 Å². The fraction of sp³-hybridized carbons (Fsp3) is 0.333. The van der Waals surface area contributed by atoms with Crippen LogP contribution in [-0.4, -0.2) is 11.8 Å². The number of rotatable bonds is 1. The maximum Gasteiger partial charge on any atom is 0.140 e. The van der Waals surface area contributed by atoms with E-state index in [1.807, 2.05) is 30.3 Å². The van der Waals surface area contributed by atoms with Gasteiger partial charge < -0.3 is 16.2 Å². The summed E-state index contributed by atoms with van der Waals surface area (Å²) in [7, 11) is 0. The zero-order valence-electron chi connectivity index (χ0n) is 8.69. The van der Waals surface area contributed by atoms with E-state index in [2.05, 4.69) is 0 Å². The maximum absolute atomic E-state index is 6.17. The lowest BCUT2D eigenvalue weighted by Crippen LogP contribution is -2.50. The van der Waals surface area contributed by atoms with Crippen molar-refractivity contribution in [1.29, 1.82) is 0 Å². The van der Waals surface area contributed by atoms with Crippen LogP contribution in [0, 0.1) is 0 Å². The van der Waals surface area contributed by atoms with E-state index in [0.29, 0.717) is 6.42 Å². The molecule has 3 rings (SSSR count). The van der Waals surface area contributed by atoms with E-state index in [-0.39, 0.29) is 11.7 Å². The number of benzene rings is 1. The molecule has 1 aliphatic carbocycles. The molecule has 0 radical (unpaired) electrons. The molecule has 2 atom stereocenters. The molecule has 0 spiro atoms. The molecule has 1 aromatic rings. The zero-order chi connectivity index (χ0) is 11.4. The van der Waals surface area contributed by atoms with Gasteiger partial charge in [0.1, 0.15) is 5.60 Å². The molecule has 1 aliphatic heterocycles. The predicted octanol–water partition coefficient (Wildman–Crippen LogP) is 1.51. The molecule has 16 heavy (non-hydrogen) atoms. The molecule has 0 bridgehead atoms. The minimum Gasteiger partial charge on any atom is -0.356 e. The Bertz CT molecular complexity index is 472. The fourth-order valence-corrected chi connectivity index (χ4v) is 2.60. The first-order valence-electron chi connectivity index (χ1n) is 5.24.